The standard InChI is InChI=1S/C20H18ClFN4O2S/c1-20(9-17(18(28)24-2)29-19(23)26-20)13-7-11(3-5-14(13)22)8-16(27)15-6-4-12(21)10-25-15/h3-7,9-10H,8H2,1-2H3,(H2,23,26)(H,24,28)/t20-/m0/s1. The summed E-state index contributed by atoms with van der Waals surface area (Å²) in [5.41, 5.74) is 5.78. The molecule has 0 unspecified atom stereocenters. The Labute approximate surface area is 176 Å². The summed E-state index contributed by atoms with van der Waals surface area (Å²) in [5.74, 6) is -1.07. The number of pyridine rings is 1. The van der Waals surface area contributed by atoms with Crippen LogP contribution in [0.5, 0.6) is 0 Å². The number of carbonyl (C=O) groups is 2. The molecule has 0 spiro atoms. The van der Waals surface area contributed by atoms with Gasteiger partial charge >= 0.3 is 0 Å². The van der Waals surface area contributed by atoms with Crippen LogP contribution in [0.25, 0.3) is 0 Å². The van der Waals surface area contributed by atoms with Crippen molar-refractivity contribution in [1.82, 2.24) is 10.3 Å². The van der Waals surface area contributed by atoms with Crippen molar-refractivity contribution in [3.05, 3.63) is 75.2 Å². The van der Waals surface area contributed by atoms with Gasteiger partial charge in [0.2, 0.25) is 0 Å². The van der Waals surface area contributed by atoms with E-state index in [0.717, 1.165) is 11.8 Å². The molecule has 3 N–H and O–H groups in total. The number of carbonyl (C=O) groups excluding carboxylic acids is 2. The van der Waals surface area contributed by atoms with Crippen LogP contribution < -0.4 is 11.1 Å². The van der Waals surface area contributed by atoms with E-state index >= 15 is 0 Å². The van der Waals surface area contributed by atoms with Crippen molar-refractivity contribution in [3.63, 3.8) is 0 Å². The van der Waals surface area contributed by atoms with Gasteiger partial charge in [-0.2, -0.15) is 0 Å². The molecular weight excluding hydrogens is 415 g/mol. The predicted molar refractivity (Wildman–Crippen MR) is 112 cm³/mol. The second kappa shape index (κ2) is 8.34. The van der Waals surface area contributed by atoms with Gasteiger partial charge in [-0.15, -0.1) is 0 Å². The fourth-order valence-electron chi connectivity index (χ4n) is 2.94. The lowest BCUT2D eigenvalue weighted by molar-refractivity contribution is -0.116. The fraction of sp³-hybridized carbons (Fsp3) is 0.200. The van der Waals surface area contributed by atoms with E-state index < -0.39 is 11.4 Å². The molecule has 2 aromatic rings. The minimum Gasteiger partial charge on any atom is -0.378 e. The van der Waals surface area contributed by atoms with Crippen LogP contribution in [0.4, 0.5) is 4.39 Å². The molecule has 0 saturated carbocycles. The number of nitrogens with two attached hydrogens (primary N) is 1. The van der Waals surface area contributed by atoms with Crippen molar-refractivity contribution in [1.29, 1.82) is 0 Å². The van der Waals surface area contributed by atoms with Crippen LogP contribution in [0.3, 0.4) is 0 Å². The number of nitrogens with zero attached hydrogens (tertiary/aromatic N) is 2. The zero-order valence-corrected chi connectivity index (χ0v) is 17.3. The molecule has 1 aliphatic heterocycles. The Morgan fingerprint density at radius 3 is 2.72 bits per heavy atom. The number of amidine groups is 1. The number of aromatic nitrogens is 1. The van der Waals surface area contributed by atoms with E-state index in [1.54, 1.807) is 25.1 Å². The number of likely N-dealkylation sites (N-methyl/N-ethyl adjacent to an activating group) is 1. The summed E-state index contributed by atoms with van der Waals surface area (Å²) in [6.45, 7) is 1.66. The summed E-state index contributed by atoms with van der Waals surface area (Å²) in [6.07, 6.45) is 2.99. The van der Waals surface area contributed by atoms with Gasteiger partial charge in [-0.3, -0.25) is 14.6 Å². The maximum atomic E-state index is 14.7. The molecule has 3 rings (SSSR count). The topological polar surface area (TPSA) is 97.4 Å². The maximum absolute atomic E-state index is 14.7. The quantitative estimate of drug-likeness (QED) is 0.707. The van der Waals surface area contributed by atoms with Crippen LogP contribution in [0.1, 0.15) is 28.5 Å². The first-order valence-electron chi connectivity index (χ1n) is 8.63. The Kier molecular flexibility index (Phi) is 6.04. The van der Waals surface area contributed by atoms with Crippen molar-refractivity contribution in [2.24, 2.45) is 10.7 Å². The monoisotopic (exact) mass is 432 g/mol. The Hall–Kier alpha value is -2.71. The average Bonchev–Trinajstić information content (AvgIpc) is 2.68. The average molecular weight is 433 g/mol. The van der Waals surface area contributed by atoms with Crippen molar-refractivity contribution in [2.45, 2.75) is 18.9 Å². The predicted octanol–water partition coefficient (Wildman–Crippen LogP) is 3.21. The lowest BCUT2D eigenvalue weighted by atomic mass is 9.89. The zero-order chi connectivity index (χ0) is 21.2. The number of hydrogen-bond donors (Lipinski definition) is 2. The zero-order valence-electron chi connectivity index (χ0n) is 15.7. The van der Waals surface area contributed by atoms with E-state index in [1.165, 1.54) is 31.4 Å². The summed E-state index contributed by atoms with van der Waals surface area (Å²) in [7, 11) is 1.50. The molecule has 0 radical (unpaired) electrons. The van der Waals surface area contributed by atoms with E-state index in [-0.39, 0.29) is 34.5 Å². The van der Waals surface area contributed by atoms with E-state index in [1.807, 2.05) is 0 Å². The summed E-state index contributed by atoms with van der Waals surface area (Å²) < 4.78 is 14.7. The second-order valence-corrected chi connectivity index (χ2v) is 8.06. The number of hydrogen-bond acceptors (Lipinski definition) is 6. The molecule has 2 heterocycles. The largest absolute Gasteiger partial charge is 0.378 e. The molecule has 0 saturated heterocycles. The van der Waals surface area contributed by atoms with Gasteiger partial charge in [0.15, 0.2) is 11.0 Å². The number of Topliss-reactive ketones (excluding diaryl/α,β-unsaturated/α-hetero) is 1. The third-order valence-electron chi connectivity index (χ3n) is 4.37. The Balaban J connectivity index is 1.95. The molecule has 150 valence electrons. The first-order chi connectivity index (χ1) is 13.7. The van der Waals surface area contributed by atoms with Crippen LogP contribution in [0, 0.1) is 5.82 Å². The first kappa shape index (κ1) is 21.0. The molecule has 0 bridgehead atoms. The van der Waals surface area contributed by atoms with Crippen LogP contribution >= 0.6 is 23.4 Å². The van der Waals surface area contributed by atoms with Gasteiger partial charge in [-0.25, -0.2) is 9.38 Å². The van der Waals surface area contributed by atoms with Gasteiger partial charge in [0, 0.05) is 25.2 Å². The number of halogens is 2. The van der Waals surface area contributed by atoms with Gasteiger partial charge < -0.3 is 11.1 Å². The molecule has 29 heavy (non-hydrogen) atoms. The van der Waals surface area contributed by atoms with Crippen molar-refractivity contribution < 1.29 is 14.0 Å². The lowest BCUT2D eigenvalue weighted by Crippen LogP contribution is -2.30. The van der Waals surface area contributed by atoms with Gasteiger partial charge in [0.25, 0.3) is 5.91 Å². The molecule has 1 aliphatic rings. The van der Waals surface area contributed by atoms with Gasteiger partial charge in [-0.1, -0.05) is 17.7 Å². The summed E-state index contributed by atoms with van der Waals surface area (Å²) in [6, 6.07) is 7.50. The van der Waals surface area contributed by atoms with Crippen LogP contribution in [0.2, 0.25) is 5.02 Å². The van der Waals surface area contributed by atoms with E-state index in [0.29, 0.717) is 15.5 Å². The molecule has 1 aromatic carbocycles. The smallest absolute Gasteiger partial charge is 0.257 e. The first-order valence-corrected chi connectivity index (χ1v) is 9.83. The fourth-order valence-corrected chi connectivity index (χ4v) is 4.00. The van der Waals surface area contributed by atoms with Gasteiger partial charge in [0.05, 0.1) is 9.93 Å². The normalized spacial score (nSPS) is 18.6. The number of nitrogens with one attached hydrogen (secondary N) is 1. The van der Waals surface area contributed by atoms with E-state index in [4.69, 9.17) is 17.3 Å². The number of rotatable bonds is 5. The van der Waals surface area contributed by atoms with E-state index in [2.05, 4.69) is 15.3 Å². The number of thioether (sulfide) groups is 1. The minimum atomic E-state index is -1.18. The number of aliphatic imine (C=N–C) groups is 1. The highest BCUT2D eigenvalue weighted by Crippen LogP contribution is 2.37. The summed E-state index contributed by atoms with van der Waals surface area (Å²) in [4.78, 5) is 33.2. The summed E-state index contributed by atoms with van der Waals surface area (Å²) >= 11 is 6.82. The van der Waals surface area contributed by atoms with Crippen LogP contribution in [-0.4, -0.2) is 28.9 Å². The molecule has 9 heteroatoms. The molecule has 6 nitrogen and oxygen atoms in total. The Morgan fingerprint density at radius 2 is 2.07 bits per heavy atom. The van der Waals surface area contributed by atoms with Crippen LogP contribution in [0.15, 0.2) is 52.5 Å². The third kappa shape index (κ3) is 4.65. The highest BCUT2D eigenvalue weighted by Gasteiger charge is 2.33. The highest BCUT2D eigenvalue weighted by molar-refractivity contribution is 8.17. The minimum absolute atomic E-state index is 0.0258. The van der Waals surface area contributed by atoms with Gasteiger partial charge in [0.1, 0.15) is 17.1 Å². The van der Waals surface area contributed by atoms with Crippen molar-refractivity contribution in [3.8, 4) is 0 Å². The lowest BCUT2D eigenvalue weighted by Gasteiger charge is -2.28. The van der Waals surface area contributed by atoms with Crippen molar-refractivity contribution in [2.75, 3.05) is 7.05 Å². The molecule has 1 atom stereocenters. The van der Waals surface area contributed by atoms with Crippen molar-refractivity contribution >= 4 is 40.2 Å². The molecule has 1 amide bonds. The summed E-state index contributed by atoms with van der Waals surface area (Å²) in [5, 5.41) is 3.11. The van der Waals surface area contributed by atoms with Gasteiger partial charge in [-0.05, 0) is 54.6 Å². The molecular formula is C20H18ClFN4O2S. The maximum Gasteiger partial charge on any atom is 0.257 e. The molecule has 1 aromatic heterocycles. The SMILES string of the molecule is CNC(=O)C1=C[C@@](C)(c2cc(CC(=O)c3ccc(Cl)cn3)ccc2F)N=C(N)S1. The highest BCUT2D eigenvalue weighted by atomic mass is 35.5. The number of ketones is 1. The Bertz CT molecular complexity index is 1040. The Morgan fingerprint density at radius 1 is 1.31 bits per heavy atom. The molecule has 0 fully saturated rings. The van der Waals surface area contributed by atoms with E-state index in [9.17, 15) is 14.0 Å². The second-order valence-electron chi connectivity index (χ2n) is 6.56. The number of benzene rings is 1. The number of amides is 1. The molecule has 0 aliphatic carbocycles. The third-order valence-corrected chi connectivity index (χ3v) is 5.42. The van der Waals surface area contributed by atoms with Crippen LogP contribution in [-0.2, 0) is 16.8 Å².